The van der Waals surface area contributed by atoms with Crippen molar-refractivity contribution in [2.75, 3.05) is 13.2 Å². The lowest BCUT2D eigenvalue weighted by atomic mass is 9.85. The minimum atomic E-state index is -0.329. The first-order chi connectivity index (χ1) is 7.70. The van der Waals surface area contributed by atoms with Crippen molar-refractivity contribution in [2.45, 2.75) is 32.8 Å². The van der Waals surface area contributed by atoms with Crippen molar-refractivity contribution in [2.24, 2.45) is 5.92 Å². The predicted molar refractivity (Wildman–Crippen MR) is 64.4 cm³/mol. The molecule has 2 rings (SSSR count). The fourth-order valence-corrected chi connectivity index (χ4v) is 2.56. The third-order valence-corrected chi connectivity index (χ3v) is 3.55. The highest BCUT2D eigenvalue weighted by atomic mass is 16.5. The van der Waals surface area contributed by atoms with E-state index in [-0.39, 0.29) is 6.10 Å². The number of rotatable bonds is 2. The maximum atomic E-state index is 10.5. The molecule has 0 amide bonds. The average Bonchev–Trinajstić information content (AvgIpc) is 2.30. The summed E-state index contributed by atoms with van der Waals surface area (Å²) in [6.07, 6.45) is 1.61. The second kappa shape index (κ2) is 4.98. The van der Waals surface area contributed by atoms with Crippen LogP contribution in [0, 0.1) is 19.8 Å². The van der Waals surface area contributed by atoms with Crippen LogP contribution in [-0.2, 0) is 4.74 Å². The van der Waals surface area contributed by atoms with E-state index < -0.39 is 0 Å². The second-order valence-electron chi connectivity index (χ2n) is 4.70. The molecule has 1 N–H and O–H groups in total. The van der Waals surface area contributed by atoms with Gasteiger partial charge in [-0.05, 0) is 49.3 Å². The van der Waals surface area contributed by atoms with Crippen LogP contribution in [0.4, 0.5) is 0 Å². The van der Waals surface area contributed by atoms with Gasteiger partial charge in [-0.25, -0.2) is 0 Å². The first-order valence-corrected chi connectivity index (χ1v) is 6.02. The topological polar surface area (TPSA) is 29.5 Å². The van der Waals surface area contributed by atoms with Gasteiger partial charge in [0, 0.05) is 13.2 Å². The molecular formula is C14H20O2. The van der Waals surface area contributed by atoms with Crippen LogP contribution in [0.25, 0.3) is 0 Å². The van der Waals surface area contributed by atoms with Crippen LogP contribution in [-0.4, -0.2) is 18.3 Å². The predicted octanol–water partition coefficient (Wildman–Crippen LogP) is 2.76. The number of hydrogen-bond acceptors (Lipinski definition) is 2. The minimum Gasteiger partial charge on any atom is -0.388 e. The van der Waals surface area contributed by atoms with Crippen LogP contribution in [0.3, 0.4) is 0 Å². The summed E-state index contributed by atoms with van der Waals surface area (Å²) in [5, 5.41) is 10.5. The lowest BCUT2D eigenvalue weighted by molar-refractivity contribution is 0.00673. The van der Waals surface area contributed by atoms with Crippen LogP contribution in [0.1, 0.15) is 35.6 Å². The van der Waals surface area contributed by atoms with Crippen molar-refractivity contribution < 1.29 is 9.84 Å². The van der Waals surface area contributed by atoms with Gasteiger partial charge in [0.1, 0.15) is 0 Å². The Hall–Kier alpha value is -0.860. The maximum Gasteiger partial charge on any atom is 0.0825 e. The molecule has 1 fully saturated rings. The SMILES string of the molecule is Cc1cccc(C)c1C(O)C1CCOCC1. The molecule has 0 radical (unpaired) electrons. The van der Waals surface area contributed by atoms with Crippen molar-refractivity contribution in [3.8, 4) is 0 Å². The largest absolute Gasteiger partial charge is 0.388 e. The van der Waals surface area contributed by atoms with E-state index in [2.05, 4.69) is 26.0 Å². The van der Waals surface area contributed by atoms with Crippen molar-refractivity contribution in [3.05, 3.63) is 34.9 Å². The zero-order chi connectivity index (χ0) is 11.5. The highest BCUT2D eigenvalue weighted by Gasteiger charge is 2.25. The van der Waals surface area contributed by atoms with Gasteiger partial charge < -0.3 is 9.84 Å². The Morgan fingerprint density at radius 2 is 1.75 bits per heavy atom. The van der Waals surface area contributed by atoms with Crippen LogP contribution in [0.15, 0.2) is 18.2 Å². The van der Waals surface area contributed by atoms with E-state index in [0.29, 0.717) is 5.92 Å². The van der Waals surface area contributed by atoms with Crippen LogP contribution >= 0.6 is 0 Å². The van der Waals surface area contributed by atoms with Crippen LogP contribution in [0.2, 0.25) is 0 Å². The molecule has 2 nitrogen and oxygen atoms in total. The van der Waals surface area contributed by atoms with E-state index in [1.807, 2.05) is 6.07 Å². The van der Waals surface area contributed by atoms with E-state index in [0.717, 1.165) is 31.6 Å². The summed E-state index contributed by atoms with van der Waals surface area (Å²) in [5.41, 5.74) is 3.51. The number of aliphatic hydroxyl groups excluding tert-OH is 1. The molecule has 0 aliphatic carbocycles. The molecule has 1 aromatic carbocycles. The molecule has 88 valence electrons. The van der Waals surface area contributed by atoms with Gasteiger partial charge in [-0.15, -0.1) is 0 Å². The van der Waals surface area contributed by atoms with E-state index >= 15 is 0 Å². The van der Waals surface area contributed by atoms with Gasteiger partial charge in [-0.3, -0.25) is 0 Å². The molecular weight excluding hydrogens is 200 g/mol. The van der Waals surface area contributed by atoms with Gasteiger partial charge in [0.05, 0.1) is 6.10 Å². The Labute approximate surface area is 97.3 Å². The summed E-state index contributed by atoms with van der Waals surface area (Å²) in [6.45, 7) is 5.72. The maximum absolute atomic E-state index is 10.5. The number of benzene rings is 1. The van der Waals surface area contributed by atoms with Gasteiger partial charge in [0.25, 0.3) is 0 Å². The van der Waals surface area contributed by atoms with Crippen LogP contribution in [0.5, 0.6) is 0 Å². The van der Waals surface area contributed by atoms with Crippen LogP contribution < -0.4 is 0 Å². The Morgan fingerprint density at radius 1 is 1.19 bits per heavy atom. The minimum absolute atomic E-state index is 0.329. The summed E-state index contributed by atoms with van der Waals surface area (Å²) < 4.78 is 5.34. The molecule has 0 bridgehead atoms. The lowest BCUT2D eigenvalue weighted by Gasteiger charge is -2.28. The fourth-order valence-electron chi connectivity index (χ4n) is 2.56. The quantitative estimate of drug-likeness (QED) is 0.830. The smallest absolute Gasteiger partial charge is 0.0825 e. The van der Waals surface area contributed by atoms with Crippen molar-refractivity contribution in [1.29, 1.82) is 0 Å². The Balaban J connectivity index is 2.22. The fraction of sp³-hybridized carbons (Fsp3) is 0.571. The summed E-state index contributed by atoms with van der Waals surface area (Å²) in [4.78, 5) is 0. The Bertz CT molecular complexity index is 334. The summed E-state index contributed by atoms with van der Waals surface area (Å²) in [6, 6.07) is 6.20. The Morgan fingerprint density at radius 3 is 2.31 bits per heavy atom. The lowest BCUT2D eigenvalue weighted by Crippen LogP contribution is -2.23. The Kier molecular flexibility index (Phi) is 3.62. The van der Waals surface area contributed by atoms with Crippen molar-refractivity contribution in [1.82, 2.24) is 0 Å². The number of hydrogen-bond donors (Lipinski definition) is 1. The zero-order valence-electron chi connectivity index (χ0n) is 10.1. The van der Waals surface area contributed by atoms with E-state index in [1.165, 1.54) is 11.1 Å². The molecule has 1 saturated heterocycles. The molecule has 0 saturated carbocycles. The summed E-state index contributed by atoms with van der Waals surface area (Å²) in [5.74, 6) is 0.355. The molecule has 1 aliphatic heterocycles. The standard InChI is InChI=1S/C14H20O2/c1-10-4-3-5-11(2)13(10)14(15)12-6-8-16-9-7-12/h3-5,12,14-15H,6-9H2,1-2H3. The molecule has 0 aromatic heterocycles. The molecule has 0 spiro atoms. The molecule has 1 atom stereocenters. The molecule has 1 unspecified atom stereocenters. The highest BCUT2D eigenvalue weighted by molar-refractivity contribution is 5.35. The summed E-state index contributed by atoms with van der Waals surface area (Å²) in [7, 11) is 0. The van der Waals surface area contributed by atoms with Gasteiger partial charge in [0.2, 0.25) is 0 Å². The molecule has 1 aromatic rings. The normalized spacial score (nSPS) is 19.7. The van der Waals surface area contributed by atoms with Gasteiger partial charge in [0.15, 0.2) is 0 Å². The first kappa shape index (κ1) is 11.6. The number of aliphatic hydroxyl groups is 1. The third kappa shape index (κ3) is 2.28. The summed E-state index contributed by atoms with van der Waals surface area (Å²) >= 11 is 0. The highest BCUT2D eigenvalue weighted by Crippen LogP contribution is 2.33. The number of aryl methyl sites for hydroxylation is 2. The monoisotopic (exact) mass is 220 g/mol. The third-order valence-electron chi connectivity index (χ3n) is 3.55. The average molecular weight is 220 g/mol. The van der Waals surface area contributed by atoms with E-state index in [4.69, 9.17) is 4.74 Å². The second-order valence-corrected chi connectivity index (χ2v) is 4.70. The van der Waals surface area contributed by atoms with Gasteiger partial charge in [-0.2, -0.15) is 0 Å². The van der Waals surface area contributed by atoms with Crippen molar-refractivity contribution in [3.63, 3.8) is 0 Å². The first-order valence-electron chi connectivity index (χ1n) is 6.02. The van der Waals surface area contributed by atoms with Crippen molar-refractivity contribution >= 4 is 0 Å². The zero-order valence-corrected chi connectivity index (χ0v) is 10.1. The van der Waals surface area contributed by atoms with Gasteiger partial charge in [-0.1, -0.05) is 18.2 Å². The van der Waals surface area contributed by atoms with E-state index in [1.54, 1.807) is 0 Å². The van der Waals surface area contributed by atoms with Gasteiger partial charge >= 0.3 is 0 Å². The molecule has 1 aliphatic rings. The molecule has 16 heavy (non-hydrogen) atoms. The molecule has 1 heterocycles. The van der Waals surface area contributed by atoms with E-state index in [9.17, 15) is 5.11 Å². The molecule has 2 heteroatoms. The number of ether oxygens (including phenoxy) is 1.